The summed E-state index contributed by atoms with van der Waals surface area (Å²) in [5.41, 5.74) is 5.78. The van der Waals surface area contributed by atoms with Crippen LogP contribution in [0.15, 0.2) is 0 Å². The molecule has 1 aliphatic rings. The van der Waals surface area contributed by atoms with Crippen molar-refractivity contribution in [2.45, 2.75) is 51.0 Å². The Morgan fingerprint density at radius 3 is 2.87 bits per heavy atom. The van der Waals surface area contributed by atoms with Crippen LogP contribution in [-0.4, -0.2) is 30.5 Å². The van der Waals surface area contributed by atoms with Crippen molar-refractivity contribution in [1.82, 2.24) is 0 Å². The van der Waals surface area contributed by atoms with Gasteiger partial charge in [0.25, 0.3) is 0 Å². The van der Waals surface area contributed by atoms with Crippen molar-refractivity contribution in [1.29, 1.82) is 0 Å². The number of hydrogen-bond donors (Lipinski definition) is 2. The first-order valence-corrected chi connectivity index (χ1v) is 6.17. The van der Waals surface area contributed by atoms with E-state index in [1.165, 1.54) is 12.8 Å². The number of unbranched alkanes of at least 4 members (excludes halogenated alkanes) is 1. The molecule has 0 saturated heterocycles. The molecule has 1 rings (SSSR count). The van der Waals surface area contributed by atoms with Crippen LogP contribution in [0.4, 0.5) is 0 Å². The Kier molecular flexibility index (Phi) is 5.58. The topological polar surface area (TPSA) is 55.5 Å². The lowest BCUT2D eigenvalue weighted by molar-refractivity contribution is -0.0758. The van der Waals surface area contributed by atoms with E-state index in [0.717, 1.165) is 38.2 Å². The molecule has 90 valence electrons. The first kappa shape index (κ1) is 12.9. The highest BCUT2D eigenvalue weighted by Crippen LogP contribution is 2.34. The lowest BCUT2D eigenvalue weighted by Gasteiger charge is -2.39. The number of hydrogen-bond acceptors (Lipinski definition) is 3. The van der Waals surface area contributed by atoms with Crippen LogP contribution >= 0.6 is 0 Å². The lowest BCUT2D eigenvalue weighted by Crippen LogP contribution is -2.44. The lowest BCUT2D eigenvalue weighted by atomic mass is 9.79. The highest BCUT2D eigenvalue weighted by atomic mass is 16.5. The van der Waals surface area contributed by atoms with E-state index in [-0.39, 0.29) is 12.2 Å². The zero-order valence-electron chi connectivity index (χ0n) is 9.87. The minimum Gasteiger partial charge on any atom is -0.396 e. The van der Waals surface area contributed by atoms with Gasteiger partial charge in [-0.3, -0.25) is 0 Å². The summed E-state index contributed by atoms with van der Waals surface area (Å²) in [6.45, 7) is 3.91. The zero-order valence-corrected chi connectivity index (χ0v) is 9.87. The second-order valence-corrected chi connectivity index (χ2v) is 4.87. The molecule has 0 heterocycles. The second-order valence-electron chi connectivity index (χ2n) is 4.87. The predicted molar refractivity (Wildman–Crippen MR) is 61.7 cm³/mol. The molecule has 2 unspecified atom stereocenters. The summed E-state index contributed by atoms with van der Waals surface area (Å²) in [6.07, 6.45) is 6.51. The quantitative estimate of drug-likeness (QED) is 0.663. The van der Waals surface area contributed by atoms with Gasteiger partial charge in [0.15, 0.2) is 0 Å². The molecule has 0 aliphatic heterocycles. The van der Waals surface area contributed by atoms with E-state index in [2.05, 4.69) is 6.92 Å². The molecule has 1 aliphatic carbocycles. The molecular formula is C12H25NO2. The first-order chi connectivity index (χ1) is 7.22. The van der Waals surface area contributed by atoms with Gasteiger partial charge in [-0.1, -0.05) is 19.8 Å². The Hall–Kier alpha value is -0.120. The van der Waals surface area contributed by atoms with Crippen LogP contribution in [0.25, 0.3) is 0 Å². The molecule has 3 heteroatoms. The van der Waals surface area contributed by atoms with Gasteiger partial charge >= 0.3 is 0 Å². The Labute approximate surface area is 93.0 Å². The summed E-state index contributed by atoms with van der Waals surface area (Å²) >= 11 is 0. The minimum absolute atomic E-state index is 0.0624. The van der Waals surface area contributed by atoms with Crippen molar-refractivity contribution >= 4 is 0 Å². The van der Waals surface area contributed by atoms with Crippen LogP contribution in [0.1, 0.15) is 45.4 Å². The standard InChI is InChI=1S/C12H25NO2/c1-11-5-4-6-12(9-11,10-13)15-8-3-2-7-14/h11,14H,2-10,13H2,1H3. The van der Waals surface area contributed by atoms with Crippen molar-refractivity contribution in [2.75, 3.05) is 19.8 Å². The fourth-order valence-electron chi connectivity index (χ4n) is 2.49. The van der Waals surface area contributed by atoms with Gasteiger partial charge in [0.05, 0.1) is 5.60 Å². The number of nitrogens with two attached hydrogens (primary N) is 1. The maximum Gasteiger partial charge on any atom is 0.0806 e. The Morgan fingerprint density at radius 2 is 2.27 bits per heavy atom. The van der Waals surface area contributed by atoms with E-state index in [4.69, 9.17) is 15.6 Å². The maximum atomic E-state index is 8.69. The predicted octanol–water partition coefficient (Wildman–Crippen LogP) is 1.68. The Balaban J connectivity index is 2.31. The van der Waals surface area contributed by atoms with Crippen LogP contribution in [0.2, 0.25) is 0 Å². The minimum atomic E-state index is -0.0624. The maximum absolute atomic E-state index is 8.69. The summed E-state index contributed by atoms with van der Waals surface area (Å²) in [4.78, 5) is 0. The third-order valence-corrected chi connectivity index (χ3v) is 3.38. The molecule has 1 saturated carbocycles. The number of aliphatic hydroxyl groups is 1. The summed E-state index contributed by atoms with van der Waals surface area (Å²) < 4.78 is 5.96. The molecule has 0 aromatic carbocycles. The molecule has 0 spiro atoms. The van der Waals surface area contributed by atoms with Crippen LogP contribution in [0.5, 0.6) is 0 Å². The van der Waals surface area contributed by atoms with Crippen molar-refractivity contribution in [3.8, 4) is 0 Å². The molecule has 0 bridgehead atoms. The molecule has 0 radical (unpaired) electrons. The van der Waals surface area contributed by atoms with Crippen molar-refractivity contribution in [2.24, 2.45) is 11.7 Å². The zero-order chi connectivity index (χ0) is 11.1. The van der Waals surface area contributed by atoms with Gasteiger partial charge in [0, 0.05) is 19.8 Å². The third-order valence-electron chi connectivity index (χ3n) is 3.38. The van der Waals surface area contributed by atoms with Crippen LogP contribution in [-0.2, 0) is 4.74 Å². The van der Waals surface area contributed by atoms with E-state index < -0.39 is 0 Å². The van der Waals surface area contributed by atoms with E-state index >= 15 is 0 Å². The van der Waals surface area contributed by atoms with Gasteiger partial charge in [0.2, 0.25) is 0 Å². The summed E-state index contributed by atoms with van der Waals surface area (Å²) in [6, 6.07) is 0. The van der Waals surface area contributed by atoms with Crippen LogP contribution in [0.3, 0.4) is 0 Å². The van der Waals surface area contributed by atoms with Gasteiger partial charge in [-0.05, 0) is 31.6 Å². The van der Waals surface area contributed by atoms with Gasteiger partial charge < -0.3 is 15.6 Å². The van der Waals surface area contributed by atoms with Crippen molar-refractivity contribution in [3.05, 3.63) is 0 Å². The monoisotopic (exact) mass is 215 g/mol. The summed E-state index contributed by atoms with van der Waals surface area (Å²) in [7, 11) is 0. The molecule has 2 atom stereocenters. The van der Waals surface area contributed by atoms with Crippen LogP contribution < -0.4 is 5.73 Å². The molecule has 3 N–H and O–H groups in total. The third kappa shape index (κ3) is 4.09. The fourth-order valence-corrected chi connectivity index (χ4v) is 2.49. The van der Waals surface area contributed by atoms with E-state index in [9.17, 15) is 0 Å². The fraction of sp³-hybridized carbons (Fsp3) is 1.00. The van der Waals surface area contributed by atoms with E-state index in [1.54, 1.807) is 0 Å². The van der Waals surface area contributed by atoms with Gasteiger partial charge in [-0.2, -0.15) is 0 Å². The average Bonchev–Trinajstić information content (AvgIpc) is 2.25. The smallest absolute Gasteiger partial charge is 0.0806 e. The van der Waals surface area contributed by atoms with Gasteiger partial charge in [-0.15, -0.1) is 0 Å². The Bertz CT molecular complexity index is 175. The Morgan fingerprint density at radius 1 is 1.47 bits per heavy atom. The second kappa shape index (κ2) is 6.46. The number of ether oxygens (including phenoxy) is 1. The molecule has 15 heavy (non-hydrogen) atoms. The molecule has 0 aromatic rings. The highest BCUT2D eigenvalue weighted by Gasteiger charge is 2.34. The summed E-state index contributed by atoms with van der Waals surface area (Å²) in [5.74, 6) is 0.736. The number of aliphatic hydroxyl groups excluding tert-OH is 1. The van der Waals surface area contributed by atoms with E-state index in [0.29, 0.717) is 6.54 Å². The first-order valence-electron chi connectivity index (χ1n) is 6.17. The molecular weight excluding hydrogens is 190 g/mol. The normalized spacial score (nSPS) is 31.8. The molecule has 0 amide bonds. The molecule has 3 nitrogen and oxygen atoms in total. The molecule has 1 fully saturated rings. The summed E-state index contributed by atoms with van der Waals surface area (Å²) in [5, 5.41) is 8.69. The average molecular weight is 215 g/mol. The largest absolute Gasteiger partial charge is 0.396 e. The SMILES string of the molecule is CC1CCCC(CN)(OCCCCO)C1. The number of rotatable bonds is 6. The highest BCUT2D eigenvalue weighted by molar-refractivity contribution is 4.87. The van der Waals surface area contributed by atoms with Crippen molar-refractivity contribution < 1.29 is 9.84 Å². The van der Waals surface area contributed by atoms with Gasteiger partial charge in [0.1, 0.15) is 0 Å². The molecule has 0 aromatic heterocycles. The van der Waals surface area contributed by atoms with E-state index in [1.807, 2.05) is 0 Å². The van der Waals surface area contributed by atoms with Crippen LogP contribution in [0, 0.1) is 5.92 Å². The van der Waals surface area contributed by atoms with Gasteiger partial charge in [-0.25, -0.2) is 0 Å². The van der Waals surface area contributed by atoms with Crippen molar-refractivity contribution in [3.63, 3.8) is 0 Å².